The van der Waals surface area contributed by atoms with Gasteiger partial charge in [-0.25, -0.2) is 14.2 Å². The van der Waals surface area contributed by atoms with Crippen molar-refractivity contribution in [3.63, 3.8) is 0 Å². The Labute approximate surface area is 169 Å². The number of halogens is 1. The number of carboxylic acids is 1. The van der Waals surface area contributed by atoms with Crippen molar-refractivity contribution in [3.8, 4) is 11.3 Å². The number of aromatic carboxylic acids is 1. The van der Waals surface area contributed by atoms with Gasteiger partial charge in [0.05, 0.1) is 16.5 Å². The van der Waals surface area contributed by atoms with Crippen LogP contribution in [0.3, 0.4) is 0 Å². The average molecular weight is 402 g/mol. The Kier molecular flexibility index (Phi) is 4.10. The summed E-state index contributed by atoms with van der Waals surface area (Å²) in [6, 6.07) is 14.0. The SMILES string of the molecule is O=C(O)c1ccc2c(=O)n3c(nc2c1)/C(=C/c1ccc(-c2ccc(F)cc2)o1)CC3. The van der Waals surface area contributed by atoms with Crippen molar-refractivity contribution in [2.24, 2.45) is 0 Å². The van der Waals surface area contributed by atoms with Gasteiger partial charge in [-0.3, -0.25) is 9.36 Å². The number of fused-ring (bicyclic) bond motifs is 2. The molecule has 148 valence electrons. The van der Waals surface area contributed by atoms with E-state index in [0.29, 0.717) is 41.2 Å². The van der Waals surface area contributed by atoms with E-state index in [1.165, 1.54) is 30.3 Å². The van der Waals surface area contributed by atoms with Crippen molar-refractivity contribution in [1.82, 2.24) is 9.55 Å². The summed E-state index contributed by atoms with van der Waals surface area (Å²) in [6.07, 6.45) is 2.43. The quantitative estimate of drug-likeness (QED) is 0.548. The molecule has 2 aromatic carbocycles. The number of benzene rings is 2. The molecule has 6 nitrogen and oxygen atoms in total. The first-order valence-corrected chi connectivity index (χ1v) is 9.34. The van der Waals surface area contributed by atoms with Gasteiger partial charge in [-0.15, -0.1) is 0 Å². The van der Waals surface area contributed by atoms with E-state index in [2.05, 4.69) is 4.98 Å². The molecule has 0 spiro atoms. The Morgan fingerprint density at radius 2 is 1.93 bits per heavy atom. The molecule has 4 aromatic rings. The molecular weight excluding hydrogens is 387 g/mol. The lowest BCUT2D eigenvalue weighted by molar-refractivity contribution is 0.0697. The van der Waals surface area contributed by atoms with Gasteiger partial charge >= 0.3 is 5.97 Å². The maximum Gasteiger partial charge on any atom is 0.335 e. The van der Waals surface area contributed by atoms with E-state index in [1.807, 2.05) is 6.08 Å². The fourth-order valence-electron chi connectivity index (χ4n) is 3.66. The fourth-order valence-corrected chi connectivity index (χ4v) is 3.66. The summed E-state index contributed by atoms with van der Waals surface area (Å²) in [5.41, 5.74) is 1.83. The lowest BCUT2D eigenvalue weighted by Crippen LogP contribution is -2.20. The van der Waals surface area contributed by atoms with Crippen LogP contribution in [0.25, 0.3) is 33.9 Å². The summed E-state index contributed by atoms with van der Waals surface area (Å²) in [6.45, 7) is 0.495. The highest BCUT2D eigenvalue weighted by atomic mass is 19.1. The number of allylic oxidation sites excluding steroid dienone is 1. The molecule has 3 heterocycles. The summed E-state index contributed by atoms with van der Waals surface area (Å²) in [7, 11) is 0. The molecule has 0 saturated carbocycles. The molecule has 2 aromatic heterocycles. The molecule has 0 bridgehead atoms. The molecule has 0 aliphatic carbocycles. The van der Waals surface area contributed by atoms with Crippen LogP contribution >= 0.6 is 0 Å². The van der Waals surface area contributed by atoms with Gasteiger partial charge in [0, 0.05) is 17.7 Å². The first kappa shape index (κ1) is 18.1. The molecule has 0 atom stereocenters. The third-order valence-corrected chi connectivity index (χ3v) is 5.17. The van der Waals surface area contributed by atoms with Crippen LogP contribution in [0.5, 0.6) is 0 Å². The molecule has 5 rings (SSSR count). The highest BCUT2D eigenvalue weighted by molar-refractivity contribution is 5.93. The number of rotatable bonds is 3. The second-order valence-corrected chi connectivity index (χ2v) is 7.06. The maximum atomic E-state index is 13.1. The van der Waals surface area contributed by atoms with Crippen LogP contribution in [-0.4, -0.2) is 20.6 Å². The number of carbonyl (C=O) groups is 1. The van der Waals surface area contributed by atoms with E-state index in [-0.39, 0.29) is 16.9 Å². The normalized spacial score (nSPS) is 14.4. The largest absolute Gasteiger partial charge is 0.478 e. The fraction of sp³-hybridized carbons (Fsp3) is 0.0870. The minimum atomic E-state index is -1.07. The number of hydrogen-bond donors (Lipinski definition) is 1. The molecule has 0 fully saturated rings. The van der Waals surface area contributed by atoms with Crippen LogP contribution in [0.4, 0.5) is 4.39 Å². The van der Waals surface area contributed by atoms with Crippen molar-refractivity contribution in [1.29, 1.82) is 0 Å². The smallest absolute Gasteiger partial charge is 0.335 e. The minimum absolute atomic E-state index is 0.0813. The Bertz CT molecular complexity index is 1400. The molecule has 0 amide bonds. The maximum absolute atomic E-state index is 13.1. The van der Waals surface area contributed by atoms with Crippen molar-refractivity contribution in [2.75, 3.05) is 0 Å². The van der Waals surface area contributed by atoms with Crippen LogP contribution in [0.2, 0.25) is 0 Å². The zero-order chi connectivity index (χ0) is 20.8. The molecule has 1 N–H and O–H groups in total. The topological polar surface area (TPSA) is 85.3 Å². The van der Waals surface area contributed by atoms with Crippen LogP contribution in [-0.2, 0) is 6.54 Å². The molecule has 0 saturated heterocycles. The summed E-state index contributed by atoms with van der Waals surface area (Å²) < 4.78 is 20.6. The van der Waals surface area contributed by atoms with E-state index in [4.69, 9.17) is 4.42 Å². The lowest BCUT2D eigenvalue weighted by Gasteiger charge is -2.06. The van der Waals surface area contributed by atoms with Crippen LogP contribution in [0.1, 0.15) is 28.4 Å². The van der Waals surface area contributed by atoms with Gasteiger partial charge in [0.2, 0.25) is 0 Å². The summed E-state index contributed by atoms with van der Waals surface area (Å²) in [4.78, 5) is 28.6. The zero-order valence-electron chi connectivity index (χ0n) is 15.6. The van der Waals surface area contributed by atoms with Crippen molar-refractivity contribution < 1.29 is 18.7 Å². The van der Waals surface area contributed by atoms with Crippen LogP contribution < -0.4 is 5.56 Å². The third kappa shape index (κ3) is 3.00. The van der Waals surface area contributed by atoms with Gasteiger partial charge in [0.15, 0.2) is 0 Å². The first-order chi connectivity index (χ1) is 14.5. The third-order valence-electron chi connectivity index (χ3n) is 5.17. The highest BCUT2D eigenvalue weighted by Crippen LogP contribution is 2.30. The Morgan fingerprint density at radius 3 is 2.70 bits per heavy atom. The molecule has 0 radical (unpaired) electrons. The second kappa shape index (κ2) is 6.81. The number of furan rings is 1. The van der Waals surface area contributed by atoms with Gasteiger partial charge in [0.25, 0.3) is 5.56 Å². The number of hydrogen-bond acceptors (Lipinski definition) is 4. The van der Waals surface area contributed by atoms with Gasteiger partial charge in [-0.1, -0.05) is 0 Å². The number of carboxylic acid groups (broad SMARTS) is 1. The average Bonchev–Trinajstić information content (AvgIpc) is 3.36. The summed E-state index contributed by atoms with van der Waals surface area (Å²) in [5.74, 6) is 0.319. The predicted molar refractivity (Wildman–Crippen MR) is 110 cm³/mol. The van der Waals surface area contributed by atoms with Crippen molar-refractivity contribution in [3.05, 3.63) is 87.9 Å². The molecule has 1 aliphatic rings. The lowest BCUT2D eigenvalue weighted by atomic mass is 10.1. The molecule has 30 heavy (non-hydrogen) atoms. The summed E-state index contributed by atoms with van der Waals surface area (Å²) in [5, 5.41) is 9.60. The van der Waals surface area contributed by atoms with Crippen molar-refractivity contribution in [2.45, 2.75) is 13.0 Å². The highest BCUT2D eigenvalue weighted by Gasteiger charge is 2.22. The van der Waals surface area contributed by atoms with E-state index in [9.17, 15) is 19.1 Å². The van der Waals surface area contributed by atoms with Crippen LogP contribution in [0, 0.1) is 5.82 Å². The molecule has 7 heteroatoms. The van der Waals surface area contributed by atoms with Crippen molar-refractivity contribution >= 4 is 28.5 Å². The Balaban J connectivity index is 1.56. The van der Waals surface area contributed by atoms with E-state index >= 15 is 0 Å². The first-order valence-electron chi connectivity index (χ1n) is 9.34. The van der Waals surface area contributed by atoms with Gasteiger partial charge in [-0.05, 0) is 67.1 Å². The van der Waals surface area contributed by atoms with Gasteiger partial charge in [0.1, 0.15) is 23.2 Å². The predicted octanol–water partition coefficient (Wildman–Crippen LogP) is 4.44. The minimum Gasteiger partial charge on any atom is -0.478 e. The molecule has 0 unspecified atom stereocenters. The second-order valence-electron chi connectivity index (χ2n) is 7.06. The Hall–Kier alpha value is -4.00. The van der Waals surface area contributed by atoms with Gasteiger partial charge < -0.3 is 9.52 Å². The van der Waals surface area contributed by atoms with E-state index < -0.39 is 5.97 Å². The molecular formula is C23H15FN2O4. The van der Waals surface area contributed by atoms with E-state index in [0.717, 1.165) is 11.1 Å². The monoisotopic (exact) mass is 402 g/mol. The number of nitrogens with zero attached hydrogens (tertiary/aromatic N) is 2. The molecule has 1 aliphatic heterocycles. The van der Waals surface area contributed by atoms with Gasteiger partial charge in [-0.2, -0.15) is 0 Å². The van der Waals surface area contributed by atoms with Crippen LogP contribution in [0.15, 0.2) is 63.8 Å². The summed E-state index contributed by atoms with van der Waals surface area (Å²) >= 11 is 0. The zero-order valence-corrected chi connectivity index (χ0v) is 15.6. The standard InChI is InChI=1S/C23H15FN2O4/c24-16-4-1-13(2-5-16)20-8-6-17(30-20)11-14-9-10-26-21(14)25-19-12-15(23(28)29)3-7-18(19)22(26)27/h1-8,11-12H,9-10H2,(H,28,29)/b14-11+. The van der Waals surface area contributed by atoms with E-state index in [1.54, 1.807) is 28.8 Å². The number of aromatic nitrogens is 2. The Morgan fingerprint density at radius 1 is 1.13 bits per heavy atom.